The molecule has 0 atom stereocenters. The zero-order valence-electron chi connectivity index (χ0n) is 8.36. The van der Waals surface area contributed by atoms with Crippen molar-refractivity contribution in [3.8, 4) is 0 Å². The SMILES string of the molecule is CCCCCC.O=C(O)SSC(=O)O. The molecule has 84 valence electrons. The summed E-state index contributed by atoms with van der Waals surface area (Å²) in [5.74, 6) is 0. The van der Waals surface area contributed by atoms with E-state index in [1.165, 1.54) is 25.7 Å². The molecule has 14 heavy (non-hydrogen) atoms. The van der Waals surface area contributed by atoms with Crippen LogP contribution in [0.25, 0.3) is 0 Å². The molecule has 0 saturated heterocycles. The van der Waals surface area contributed by atoms with E-state index in [0.717, 1.165) is 0 Å². The third-order valence-electron chi connectivity index (χ3n) is 1.14. The number of carboxylic acid groups (broad SMARTS) is 2. The predicted octanol–water partition coefficient (Wildman–Crippen LogP) is 4.31. The molecule has 0 bridgehead atoms. The van der Waals surface area contributed by atoms with Crippen LogP contribution in [-0.4, -0.2) is 20.8 Å². The first-order valence-corrected chi connectivity index (χ1v) is 6.49. The van der Waals surface area contributed by atoms with Crippen molar-refractivity contribution in [2.75, 3.05) is 0 Å². The number of hydrogen-bond acceptors (Lipinski definition) is 4. The van der Waals surface area contributed by atoms with Gasteiger partial charge in [0.05, 0.1) is 0 Å². The van der Waals surface area contributed by atoms with Crippen LogP contribution in [0.1, 0.15) is 39.5 Å². The summed E-state index contributed by atoms with van der Waals surface area (Å²) in [7, 11) is 0.546. The van der Waals surface area contributed by atoms with Gasteiger partial charge in [-0.2, -0.15) is 0 Å². The van der Waals surface area contributed by atoms with E-state index in [9.17, 15) is 9.59 Å². The fraction of sp³-hybridized carbons (Fsp3) is 0.750. The monoisotopic (exact) mass is 240 g/mol. The highest BCUT2D eigenvalue weighted by Gasteiger charge is 2.02. The largest absolute Gasteiger partial charge is 0.473 e. The van der Waals surface area contributed by atoms with Crippen LogP contribution >= 0.6 is 21.6 Å². The van der Waals surface area contributed by atoms with E-state index in [0.29, 0.717) is 0 Å². The second-order valence-corrected chi connectivity index (χ2v) is 4.44. The molecule has 0 aliphatic heterocycles. The molecular formula is C8H16O4S2. The minimum Gasteiger partial charge on any atom is -0.473 e. The Morgan fingerprint density at radius 2 is 1.21 bits per heavy atom. The molecule has 2 N–H and O–H groups in total. The van der Waals surface area contributed by atoms with Crippen molar-refractivity contribution in [1.29, 1.82) is 0 Å². The van der Waals surface area contributed by atoms with Gasteiger partial charge in [0.15, 0.2) is 0 Å². The first-order chi connectivity index (χ1) is 6.54. The summed E-state index contributed by atoms with van der Waals surface area (Å²) in [5.41, 5.74) is 0. The summed E-state index contributed by atoms with van der Waals surface area (Å²) < 4.78 is 0. The molecule has 0 aromatic heterocycles. The fourth-order valence-electron chi connectivity index (χ4n) is 0.571. The van der Waals surface area contributed by atoms with Gasteiger partial charge in [-0.15, -0.1) is 0 Å². The van der Waals surface area contributed by atoms with Crippen molar-refractivity contribution >= 4 is 32.2 Å². The Balaban J connectivity index is 0. The summed E-state index contributed by atoms with van der Waals surface area (Å²) in [6.07, 6.45) is 5.54. The van der Waals surface area contributed by atoms with Gasteiger partial charge < -0.3 is 10.2 Å². The first-order valence-electron chi connectivity index (χ1n) is 4.34. The molecular weight excluding hydrogens is 224 g/mol. The van der Waals surface area contributed by atoms with Gasteiger partial charge in [0.25, 0.3) is 0 Å². The van der Waals surface area contributed by atoms with Gasteiger partial charge in [0.1, 0.15) is 0 Å². The molecule has 0 spiro atoms. The first kappa shape index (κ1) is 16.1. The van der Waals surface area contributed by atoms with Crippen molar-refractivity contribution in [3.05, 3.63) is 0 Å². The third kappa shape index (κ3) is 22.6. The van der Waals surface area contributed by atoms with E-state index in [2.05, 4.69) is 13.8 Å². The topological polar surface area (TPSA) is 74.6 Å². The third-order valence-corrected chi connectivity index (χ3v) is 2.62. The normalized spacial score (nSPS) is 8.71. The van der Waals surface area contributed by atoms with Gasteiger partial charge >= 0.3 is 10.6 Å². The molecule has 0 rings (SSSR count). The van der Waals surface area contributed by atoms with Crippen LogP contribution in [0.4, 0.5) is 9.59 Å². The van der Waals surface area contributed by atoms with E-state index < -0.39 is 10.6 Å². The number of hydrogen-bond donors (Lipinski definition) is 2. The van der Waals surface area contributed by atoms with Crippen LogP contribution in [0.5, 0.6) is 0 Å². The van der Waals surface area contributed by atoms with Gasteiger partial charge in [-0.05, 0) is 0 Å². The molecule has 6 heteroatoms. The lowest BCUT2D eigenvalue weighted by Gasteiger charge is -1.86. The Labute approximate surface area is 91.9 Å². The minimum absolute atomic E-state index is 0.273. The van der Waals surface area contributed by atoms with Crippen molar-refractivity contribution in [3.63, 3.8) is 0 Å². The molecule has 4 nitrogen and oxygen atoms in total. The maximum absolute atomic E-state index is 9.58. The Morgan fingerprint density at radius 3 is 1.36 bits per heavy atom. The molecule has 0 heterocycles. The number of unbranched alkanes of at least 4 members (excludes halogenated alkanes) is 3. The second kappa shape index (κ2) is 12.6. The van der Waals surface area contributed by atoms with Gasteiger partial charge in [-0.25, -0.2) is 9.59 Å². The lowest BCUT2D eigenvalue weighted by Crippen LogP contribution is -1.82. The molecule has 0 aromatic carbocycles. The van der Waals surface area contributed by atoms with E-state index in [1.54, 1.807) is 0 Å². The van der Waals surface area contributed by atoms with Gasteiger partial charge in [0.2, 0.25) is 0 Å². The van der Waals surface area contributed by atoms with Crippen LogP contribution in [0.2, 0.25) is 0 Å². The summed E-state index contributed by atoms with van der Waals surface area (Å²) >= 11 is 0. The quantitative estimate of drug-likeness (QED) is 0.565. The zero-order valence-corrected chi connectivity index (χ0v) is 9.99. The standard InChI is InChI=1S/C6H14.C2H2O4S2/c1-3-5-6-4-2;3-1(4)7-8-2(5)6/h3-6H2,1-2H3;(H,3,4)(H,5,6). The zero-order chi connectivity index (χ0) is 11.4. The highest BCUT2D eigenvalue weighted by atomic mass is 33.1. The van der Waals surface area contributed by atoms with E-state index in [4.69, 9.17) is 10.2 Å². The highest BCUT2D eigenvalue weighted by molar-refractivity contribution is 8.86. The average molecular weight is 240 g/mol. The van der Waals surface area contributed by atoms with Crippen molar-refractivity contribution < 1.29 is 19.8 Å². The van der Waals surface area contributed by atoms with Crippen molar-refractivity contribution in [2.45, 2.75) is 39.5 Å². The minimum atomic E-state index is -1.20. The van der Waals surface area contributed by atoms with Gasteiger partial charge in [-0.1, -0.05) is 39.5 Å². The molecule has 0 aliphatic rings. The fourth-order valence-corrected chi connectivity index (χ4v) is 1.14. The van der Waals surface area contributed by atoms with Crippen LogP contribution in [-0.2, 0) is 0 Å². The van der Waals surface area contributed by atoms with Crippen LogP contribution in [0.15, 0.2) is 0 Å². The summed E-state index contributed by atoms with van der Waals surface area (Å²) in [4.78, 5) is 19.2. The van der Waals surface area contributed by atoms with E-state index in [-0.39, 0.29) is 21.6 Å². The second-order valence-electron chi connectivity index (χ2n) is 2.41. The van der Waals surface area contributed by atoms with Gasteiger partial charge in [0, 0.05) is 21.6 Å². The molecule has 0 aliphatic carbocycles. The molecule has 0 aromatic rings. The smallest absolute Gasteiger partial charge is 0.376 e. The van der Waals surface area contributed by atoms with E-state index >= 15 is 0 Å². The lowest BCUT2D eigenvalue weighted by molar-refractivity contribution is 0.220. The Morgan fingerprint density at radius 1 is 0.929 bits per heavy atom. The Bertz CT molecular complexity index is 143. The Hall–Kier alpha value is -0.360. The average Bonchev–Trinajstić information content (AvgIpc) is 2.12. The Kier molecular flexibility index (Phi) is 14.5. The predicted molar refractivity (Wildman–Crippen MR) is 61.0 cm³/mol. The van der Waals surface area contributed by atoms with Gasteiger partial charge in [-0.3, -0.25) is 0 Å². The van der Waals surface area contributed by atoms with Crippen molar-refractivity contribution in [2.24, 2.45) is 0 Å². The summed E-state index contributed by atoms with van der Waals surface area (Å²) in [6, 6.07) is 0. The molecule has 0 radical (unpaired) electrons. The summed E-state index contributed by atoms with van der Waals surface area (Å²) in [6.45, 7) is 4.46. The lowest BCUT2D eigenvalue weighted by atomic mass is 10.2. The van der Waals surface area contributed by atoms with Crippen LogP contribution in [0, 0.1) is 0 Å². The van der Waals surface area contributed by atoms with Crippen LogP contribution in [0.3, 0.4) is 0 Å². The maximum Gasteiger partial charge on any atom is 0.376 e. The molecule has 0 saturated carbocycles. The van der Waals surface area contributed by atoms with E-state index in [1.807, 2.05) is 0 Å². The summed E-state index contributed by atoms with van der Waals surface area (Å²) in [5, 5.41) is 13.3. The van der Waals surface area contributed by atoms with Crippen LogP contribution < -0.4 is 0 Å². The number of carbonyl (C=O) groups is 2. The number of rotatable bonds is 3. The molecule has 0 amide bonds. The molecule has 0 unspecified atom stereocenters. The van der Waals surface area contributed by atoms with Crippen molar-refractivity contribution in [1.82, 2.24) is 0 Å². The maximum atomic E-state index is 9.58. The highest BCUT2D eigenvalue weighted by Crippen LogP contribution is 2.21. The molecule has 0 fully saturated rings.